The van der Waals surface area contributed by atoms with E-state index in [-0.39, 0.29) is 5.12 Å². The summed E-state index contributed by atoms with van der Waals surface area (Å²) in [6, 6.07) is 9.65. The number of carbonyl (C=O) groups excluding carboxylic acids is 1. The highest BCUT2D eigenvalue weighted by atomic mass is 32.2. The van der Waals surface area contributed by atoms with Crippen molar-refractivity contribution in [2.45, 2.75) is 25.7 Å². The molecule has 0 aliphatic carbocycles. The molecule has 0 radical (unpaired) electrons. The first-order valence-electron chi connectivity index (χ1n) is 5.65. The highest BCUT2D eigenvalue weighted by Crippen LogP contribution is 2.24. The smallest absolute Gasteiger partial charge is 0.223 e. The van der Waals surface area contributed by atoms with Gasteiger partial charge in [0.05, 0.1) is 0 Å². The van der Waals surface area contributed by atoms with Gasteiger partial charge in [0.15, 0.2) is 0 Å². The van der Waals surface area contributed by atoms with E-state index >= 15 is 0 Å². The number of allylic oxidation sites excluding steroid dienone is 2. The zero-order valence-electron chi connectivity index (χ0n) is 10.6. The average Bonchev–Trinajstić information content (AvgIpc) is 2.28. The van der Waals surface area contributed by atoms with Crippen LogP contribution >= 0.6 is 11.8 Å². The summed E-state index contributed by atoms with van der Waals surface area (Å²) in [5, 5.41) is 0.0191. The van der Waals surface area contributed by atoms with Crippen molar-refractivity contribution in [2.75, 3.05) is 0 Å². The molecule has 0 saturated carbocycles. The molecule has 0 aliphatic rings. The second-order valence-electron chi connectivity index (χ2n) is 4.27. The summed E-state index contributed by atoms with van der Waals surface area (Å²) in [5.74, 6) is 0.432. The maximum Gasteiger partial charge on any atom is 0.223 e. The van der Waals surface area contributed by atoms with Gasteiger partial charge in [-0.3, -0.25) is 4.79 Å². The Kier molecular flexibility index (Phi) is 5.23. The van der Waals surface area contributed by atoms with Gasteiger partial charge in [-0.05, 0) is 42.3 Å². The molecule has 1 aromatic carbocycles. The molecule has 1 rings (SSSR count). The Bertz CT molecular complexity index is 429. The van der Waals surface area contributed by atoms with Crippen LogP contribution in [0.2, 0.25) is 0 Å². The van der Waals surface area contributed by atoms with Crippen LogP contribution < -0.4 is 0 Å². The molecule has 0 amide bonds. The van der Waals surface area contributed by atoms with Gasteiger partial charge in [-0.15, -0.1) is 0 Å². The monoisotopic (exact) mass is 246 g/mol. The topological polar surface area (TPSA) is 17.1 Å². The van der Waals surface area contributed by atoms with Crippen LogP contribution in [0.1, 0.15) is 20.8 Å². The van der Waals surface area contributed by atoms with Crippen LogP contribution in [0.15, 0.2) is 59.0 Å². The lowest BCUT2D eigenvalue weighted by molar-refractivity contribution is -0.107. The van der Waals surface area contributed by atoms with Crippen LogP contribution in [0, 0.1) is 5.92 Å². The summed E-state index contributed by atoms with van der Waals surface area (Å²) >= 11 is 1.23. The maximum atomic E-state index is 12.0. The molecule has 0 saturated heterocycles. The summed E-state index contributed by atoms with van der Waals surface area (Å²) in [6.45, 7) is 9.98. The average molecular weight is 246 g/mol. The number of carbonyl (C=O) groups is 1. The predicted molar refractivity (Wildman–Crippen MR) is 75.0 cm³/mol. The standard InChI is InChI=1S/C15H18OS/c1-11(2)10-12(3)13(4)15(16)17-14-8-6-5-7-9-14/h5-11H,4H2,1-3H3/b12-10+. The fraction of sp³-hybridized carbons (Fsp3) is 0.267. The number of rotatable bonds is 4. The summed E-state index contributed by atoms with van der Waals surface area (Å²) in [5.41, 5.74) is 1.56. The number of hydrogen-bond donors (Lipinski definition) is 0. The van der Waals surface area contributed by atoms with Gasteiger partial charge >= 0.3 is 0 Å². The van der Waals surface area contributed by atoms with Crippen LogP contribution in [0.25, 0.3) is 0 Å². The van der Waals surface area contributed by atoms with Crippen molar-refractivity contribution in [3.8, 4) is 0 Å². The third-order valence-corrected chi connectivity index (χ3v) is 3.20. The highest BCUT2D eigenvalue weighted by molar-refractivity contribution is 8.14. The minimum Gasteiger partial charge on any atom is -0.281 e. The predicted octanol–water partition coefficient (Wildman–Crippen LogP) is 4.46. The Morgan fingerprint density at radius 1 is 1.29 bits per heavy atom. The number of thioether (sulfide) groups is 1. The molecule has 0 atom stereocenters. The molecule has 1 aromatic rings. The summed E-state index contributed by atoms with van der Waals surface area (Å²) in [6.07, 6.45) is 2.06. The molecular formula is C15H18OS. The third-order valence-electron chi connectivity index (χ3n) is 2.26. The number of hydrogen-bond acceptors (Lipinski definition) is 2. The van der Waals surface area contributed by atoms with Crippen LogP contribution in [0.4, 0.5) is 0 Å². The zero-order valence-corrected chi connectivity index (χ0v) is 11.4. The first-order valence-corrected chi connectivity index (χ1v) is 6.47. The molecule has 17 heavy (non-hydrogen) atoms. The molecule has 2 heteroatoms. The molecule has 0 unspecified atom stereocenters. The van der Waals surface area contributed by atoms with E-state index in [1.807, 2.05) is 37.3 Å². The Balaban J connectivity index is 2.69. The lowest BCUT2D eigenvalue weighted by Crippen LogP contribution is -1.98. The molecule has 0 heterocycles. The summed E-state index contributed by atoms with van der Waals surface area (Å²) in [7, 11) is 0. The highest BCUT2D eigenvalue weighted by Gasteiger charge is 2.10. The van der Waals surface area contributed by atoms with E-state index in [1.165, 1.54) is 11.8 Å². The van der Waals surface area contributed by atoms with E-state index in [1.54, 1.807) is 0 Å². The van der Waals surface area contributed by atoms with Gasteiger partial charge in [0.2, 0.25) is 5.12 Å². The molecular weight excluding hydrogens is 228 g/mol. The van der Waals surface area contributed by atoms with E-state index in [0.717, 1.165) is 10.5 Å². The van der Waals surface area contributed by atoms with Crippen LogP contribution in [-0.2, 0) is 4.79 Å². The molecule has 0 bridgehead atoms. The van der Waals surface area contributed by atoms with Crippen molar-refractivity contribution in [3.05, 3.63) is 54.1 Å². The minimum absolute atomic E-state index is 0.0191. The molecule has 0 spiro atoms. The molecule has 1 nitrogen and oxygen atoms in total. The minimum atomic E-state index is 0.0191. The third kappa shape index (κ3) is 4.61. The van der Waals surface area contributed by atoms with Crippen molar-refractivity contribution in [3.63, 3.8) is 0 Å². The van der Waals surface area contributed by atoms with Crippen molar-refractivity contribution >= 4 is 16.9 Å². The van der Waals surface area contributed by atoms with Crippen LogP contribution in [0.5, 0.6) is 0 Å². The van der Waals surface area contributed by atoms with Crippen molar-refractivity contribution in [1.82, 2.24) is 0 Å². The fourth-order valence-electron chi connectivity index (χ4n) is 1.42. The first kappa shape index (κ1) is 13.8. The maximum absolute atomic E-state index is 12.0. The van der Waals surface area contributed by atoms with Gasteiger partial charge in [-0.2, -0.15) is 0 Å². The fourth-order valence-corrected chi connectivity index (χ4v) is 2.21. The van der Waals surface area contributed by atoms with E-state index in [9.17, 15) is 4.79 Å². The first-order chi connectivity index (χ1) is 8.00. The largest absolute Gasteiger partial charge is 0.281 e. The van der Waals surface area contributed by atoms with Gasteiger partial charge in [-0.1, -0.05) is 44.7 Å². The SMILES string of the molecule is C=C(C(=O)Sc1ccccc1)/C(C)=C/C(C)C. The molecule has 90 valence electrons. The molecule has 0 aliphatic heterocycles. The Morgan fingerprint density at radius 3 is 2.41 bits per heavy atom. The second kappa shape index (κ2) is 6.45. The van der Waals surface area contributed by atoms with Crippen LogP contribution in [0.3, 0.4) is 0 Å². The molecule has 0 N–H and O–H groups in total. The quantitative estimate of drug-likeness (QED) is 0.443. The second-order valence-corrected chi connectivity index (χ2v) is 5.32. The molecule has 0 aromatic heterocycles. The zero-order chi connectivity index (χ0) is 12.8. The Morgan fingerprint density at radius 2 is 1.88 bits per heavy atom. The van der Waals surface area contributed by atoms with Crippen molar-refractivity contribution < 1.29 is 4.79 Å². The normalized spacial score (nSPS) is 11.6. The Hall–Kier alpha value is -1.28. The van der Waals surface area contributed by atoms with Gasteiger partial charge < -0.3 is 0 Å². The molecule has 0 fully saturated rings. The van der Waals surface area contributed by atoms with Gasteiger partial charge in [0, 0.05) is 10.5 Å². The summed E-state index contributed by atoms with van der Waals surface area (Å²) < 4.78 is 0. The van der Waals surface area contributed by atoms with Gasteiger partial charge in [0.1, 0.15) is 0 Å². The lowest BCUT2D eigenvalue weighted by Gasteiger charge is -2.06. The van der Waals surface area contributed by atoms with E-state index in [0.29, 0.717) is 11.5 Å². The lowest BCUT2D eigenvalue weighted by atomic mass is 10.1. The van der Waals surface area contributed by atoms with Crippen molar-refractivity contribution in [2.24, 2.45) is 5.92 Å². The van der Waals surface area contributed by atoms with E-state index < -0.39 is 0 Å². The van der Waals surface area contributed by atoms with Gasteiger partial charge in [-0.25, -0.2) is 0 Å². The summed E-state index contributed by atoms with van der Waals surface area (Å²) in [4.78, 5) is 12.9. The Labute approximate surface area is 108 Å². The number of benzene rings is 1. The van der Waals surface area contributed by atoms with Gasteiger partial charge in [0.25, 0.3) is 0 Å². The van der Waals surface area contributed by atoms with Crippen molar-refractivity contribution in [1.29, 1.82) is 0 Å². The van der Waals surface area contributed by atoms with E-state index in [2.05, 4.69) is 26.5 Å². The van der Waals surface area contributed by atoms with E-state index in [4.69, 9.17) is 0 Å². The van der Waals surface area contributed by atoms with Crippen LogP contribution in [-0.4, -0.2) is 5.12 Å².